The van der Waals surface area contributed by atoms with Crippen LogP contribution in [0.15, 0.2) is 71.2 Å². The first kappa shape index (κ1) is 27.7. The molecule has 1 atom stereocenters. The highest BCUT2D eigenvalue weighted by atomic mass is 79.9. The SMILES string of the molecule is COc1ccc(CCNC(=O)c2ccccc2NC(=O)C2CCCN(Cc3ccc(Br)cc3)C2)cc1OC. The van der Waals surface area contributed by atoms with Gasteiger partial charge in [-0.05, 0) is 73.3 Å². The minimum absolute atomic E-state index is 0.0453. The summed E-state index contributed by atoms with van der Waals surface area (Å²) in [6, 6.07) is 21.2. The summed E-state index contributed by atoms with van der Waals surface area (Å²) in [4.78, 5) is 28.5. The number of para-hydroxylation sites is 1. The lowest BCUT2D eigenvalue weighted by Crippen LogP contribution is -2.40. The van der Waals surface area contributed by atoms with Crippen molar-refractivity contribution in [2.75, 3.05) is 39.2 Å². The largest absolute Gasteiger partial charge is 0.493 e. The zero-order valence-electron chi connectivity index (χ0n) is 21.8. The molecule has 8 heteroatoms. The number of halogens is 1. The van der Waals surface area contributed by atoms with Crippen LogP contribution in [0.2, 0.25) is 0 Å². The average Bonchev–Trinajstić information content (AvgIpc) is 2.94. The molecule has 0 aliphatic carbocycles. The van der Waals surface area contributed by atoms with Gasteiger partial charge in [0.15, 0.2) is 11.5 Å². The molecule has 0 radical (unpaired) electrons. The summed E-state index contributed by atoms with van der Waals surface area (Å²) in [6.07, 6.45) is 2.44. The highest BCUT2D eigenvalue weighted by molar-refractivity contribution is 9.10. The number of piperidine rings is 1. The summed E-state index contributed by atoms with van der Waals surface area (Å²) in [5.41, 5.74) is 3.24. The summed E-state index contributed by atoms with van der Waals surface area (Å²) in [6.45, 7) is 2.93. The predicted molar refractivity (Wildman–Crippen MR) is 153 cm³/mol. The number of rotatable bonds is 10. The number of nitrogens with one attached hydrogen (secondary N) is 2. The molecular formula is C30H34BrN3O4. The van der Waals surface area contributed by atoms with E-state index in [1.807, 2.05) is 36.4 Å². The van der Waals surface area contributed by atoms with E-state index in [0.29, 0.717) is 42.3 Å². The van der Waals surface area contributed by atoms with Crippen LogP contribution in [0.5, 0.6) is 11.5 Å². The lowest BCUT2D eigenvalue weighted by atomic mass is 9.96. The van der Waals surface area contributed by atoms with Crippen molar-refractivity contribution < 1.29 is 19.1 Å². The quantitative estimate of drug-likeness (QED) is 0.341. The molecule has 3 aromatic carbocycles. The topological polar surface area (TPSA) is 79.9 Å². The fourth-order valence-corrected chi connectivity index (χ4v) is 5.00. The second kappa shape index (κ2) is 13.4. The van der Waals surface area contributed by atoms with Crippen LogP contribution in [0.3, 0.4) is 0 Å². The molecule has 1 heterocycles. The zero-order chi connectivity index (χ0) is 26.9. The van der Waals surface area contributed by atoms with Crippen molar-refractivity contribution in [3.8, 4) is 11.5 Å². The van der Waals surface area contributed by atoms with Crippen LogP contribution in [-0.2, 0) is 17.8 Å². The van der Waals surface area contributed by atoms with E-state index in [1.165, 1.54) is 5.56 Å². The van der Waals surface area contributed by atoms with Crippen molar-refractivity contribution in [2.45, 2.75) is 25.8 Å². The maximum atomic E-state index is 13.2. The Morgan fingerprint density at radius 1 is 0.974 bits per heavy atom. The number of amides is 2. The molecule has 4 rings (SSSR count). The van der Waals surface area contributed by atoms with Gasteiger partial charge in [-0.15, -0.1) is 0 Å². The highest BCUT2D eigenvalue weighted by Gasteiger charge is 2.26. The molecule has 1 saturated heterocycles. The van der Waals surface area contributed by atoms with Crippen molar-refractivity contribution in [3.63, 3.8) is 0 Å². The minimum Gasteiger partial charge on any atom is -0.493 e. The molecule has 2 amide bonds. The first-order chi connectivity index (χ1) is 18.5. The minimum atomic E-state index is -0.220. The number of methoxy groups -OCH3 is 2. The van der Waals surface area contributed by atoms with E-state index in [1.54, 1.807) is 32.4 Å². The van der Waals surface area contributed by atoms with Gasteiger partial charge in [0.1, 0.15) is 0 Å². The summed E-state index contributed by atoms with van der Waals surface area (Å²) in [5, 5.41) is 6.00. The Bertz CT molecular complexity index is 1250. The molecule has 0 bridgehead atoms. The number of hydrogen-bond donors (Lipinski definition) is 2. The first-order valence-electron chi connectivity index (χ1n) is 12.8. The summed E-state index contributed by atoms with van der Waals surface area (Å²) >= 11 is 3.48. The highest BCUT2D eigenvalue weighted by Crippen LogP contribution is 2.28. The van der Waals surface area contributed by atoms with Crippen LogP contribution in [-0.4, -0.2) is 50.6 Å². The van der Waals surface area contributed by atoms with E-state index in [9.17, 15) is 9.59 Å². The Hall–Kier alpha value is -3.36. The van der Waals surface area contributed by atoms with Crippen LogP contribution in [0.1, 0.15) is 34.3 Å². The number of likely N-dealkylation sites (tertiary alicyclic amines) is 1. The molecular weight excluding hydrogens is 546 g/mol. The number of benzene rings is 3. The van der Waals surface area contributed by atoms with Crippen LogP contribution in [0.4, 0.5) is 5.69 Å². The van der Waals surface area contributed by atoms with E-state index >= 15 is 0 Å². The van der Waals surface area contributed by atoms with Gasteiger partial charge in [-0.1, -0.05) is 46.3 Å². The Labute approximate surface area is 232 Å². The molecule has 0 aromatic heterocycles. The third-order valence-electron chi connectivity index (χ3n) is 6.77. The maximum Gasteiger partial charge on any atom is 0.253 e. The van der Waals surface area contributed by atoms with Gasteiger partial charge in [0.05, 0.1) is 31.4 Å². The molecule has 1 unspecified atom stereocenters. The smallest absolute Gasteiger partial charge is 0.253 e. The third-order valence-corrected chi connectivity index (χ3v) is 7.30. The number of ether oxygens (including phenoxy) is 2. The number of nitrogens with zero attached hydrogens (tertiary/aromatic N) is 1. The van der Waals surface area contributed by atoms with Crippen LogP contribution in [0, 0.1) is 5.92 Å². The number of carbonyl (C=O) groups excluding carboxylic acids is 2. The van der Waals surface area contributed by atoms with Gasteiger partial charge < -0.3 is 20.1 Å². The van der Waals surface area contributed by atoms with Gasteiger partial charge in [0.2, 0.25) is 5.91 Å². The van der Waals surface area contributed by atoms with Gasteiger partial charge in [-0.2, -0.15) is 0 Å². The van der Waals surface area contributed by atoms with E-state index in [0.717, 1.165) is 36.0 Å². The lowest BCUT2D eigenvalue weighted by Gasteiger charge is -2.32. The molecule has 0 saturated carbocycles. The fourth-order valence-electron chi connectivity index (χ4n) is 4.74. The molecule has 38 heavy (non-hydrogen) atoms. The normalized spacial score (nSPS) is 15.5. The van der Waals surface area contributed by atoms with Gasteiger partial charge >= 0.3 is 0 Å². The second-order valence-electron chi connectivity index (χ2n) is 9.43. The summed E-state index contributed by atoms with van der Waals surface area (Å²) < 4.78 is 11.7. The lowest BCUT2D eigenvalue weighted by molar-refractivity contribution is -0.121. The first-order valence-corrected chi connectivity index (χ1v) is 13.6. The summed E-state index contributed by atoms with van der Waals surface area (Å²) in [7, 11) is 3.20. The van der Waals surface area contributed by atoms with Gasteiger partial charge in [0, 0.05) is 24.1 Å². The van der Waals surface area contributed by atoms with Crippen molar-refractivity contribution >= 4 is 33.4 Å². The number of carbonyl (C=O) groups is 2. The van der Waals surface area contributed by atoms with Crippen molar-refractivity contribution in [3.05, 3.63) is 87.9 Å². The van der Waals surface area contributed by atoms with Gasteiger partial charge in [-0.3, -0.25) is 14.5 Å². The second-order valence-corrected chi connectivity index (χ2v) is 10.3. The van der Waals surface area contributed by atoms with Crippen LogP contribution in [0.25, 0.3) is 0 Å². The maximum absolute atomic E-state index is 13.2. The molecule has 2 N–H and O–H groups in total. The van der Waals surface area contributed by atoms with E-state index in [4.69, 9.17) is 9.47 Å². The molecule has 0 spiro atoms. The van der Waals surface area contributed by atoms with Crippen LogP contribution < -0.4 is 20.1 Å². The fraction of sp³-hybridized carbons (Fsp3) is 0.333. The summed E-state index contributed by atoms with van der Waals surface area (Å²) in [5.74, 6) is 0.931. The van der Waals surface area contributed by atoms with E-state index in [-0.39, 0.29) is 17.7 Å². The van der Waals surface area contributed by atoms with Crippen molar-refractivity contribution in [2.24, 2.45) is 5.92 Å². The molecule has 7 nitrogen and oxygen atoms in total. The van der Waals surface area contributed by atoms with Gasteiger partial charge in [0.25, 0.3) is 5.91 Å². The molecule has 1 aliphatic rings. The standard InChI is InChI=1S/C30H34BrN3O4/c1-37-27-14-11-21(18-28(27)38-2)15-16-32-30(36)25-7-3-4-8-26(25)33-29(35)23-6-5-17-34(20-23)19-22-9-12-24(31)13-10-22/h3-4,7-14,18,23H,5-6,15-17,19-20H2,1-2H3,(H,32,36)(H,33,35). The molecule has 200 valence electrons. The van der Waals surface area contributed by atoms with Crippen molar-refractivity contribution in [1.29, 1.82) is 0 Å². The van der Waals surface area contributed by atoms with E-state index < -0.39 is 0 Å². The van der Waals surface area contributed by atoms with Gasteiger partial charge in [-0.25, -0.2) is 0 Å². The Balaban J connectivity index is 1.33. The number of hydrogen-bond acceptors (Lipinski definition) is 5. The number of anilines is 1. The third kappa shape index (κ3) is 7.36. The Kier molecular flexibility index (Phi) is 9.79. The van der Waals surface area contributed by atoms with E-state index in [2.05, 4.69) is 43.6 Å². The predicted octanol–water partition coefficient (Wildman–Crippen LogP) is 5.29. The van der Waals surface area contributed by atoms with Crippen LogP contribution >= 0.6 is 15.9 Å². The zero-order valence-corrected chi connectivity index (χ0v) is 23.4. The molecule has 3 aromatic rings. The Morgan fingerprint density at radius 3 is 2.47 bits per heavy atom. The molecule has 1 fully saturated rings. The van der Waals surface area contributed by atoms with Crippen molar-refractivity contribution in [1.82, 2.24) is 10.2 Å². The molecule has 1 aliphatic heterocycles. The monoisotopic (exact) mass is 579 g/mol. The Morgan fingerprint density at radius 2 is 1.71 bits per heavy atom. The average molecular weight is 581 g/mol.